The Hall–Kier alpha value is -0.380. The van der Waals surface area contributed by atoms with E-state index >= 15 is 0 Å². The molecular weight excluding hydrogens is 408 g/mol. The van der Waals surface area contributed by atoms with Crippen molar-refractivity contribution in [3.05, 3.63) is 11.6 Å². The Kier molecular flexibility index (Phi) is 5.57. The van der Waals surface area contributed by atoms with Gasteiger partial charge in [0.2, 0.25) is 0 Å². The predicted octanol–water partition coefficient (Wildman–Crippen LogP) is 6.11. The molecule has 5 aliphatic rings. The zero-order valence-electron chi connectivity index (χ0n) is 22.2. The summed E-state index contributed by atoms with van der Waals surface area (Å²) in [5.41, 5.74) is 2.75. The van der Waals surface area contributed by atoms with Crippen molar-refractivity contribution in [3.63, 3.8) is 0 Å². The van der Waals surface area contributed by atoms with Crippen molar-refractivity contribution in [1.29, 1.82) is 0 Å². The van der Waals surface area contributed by atoms with Gasteiger partial charge in [0, 0.05) is 12.5 Å². The van der Waals surface area contributed by atoms with Gasteiger partial charge in [0.05, 0.1) is 12.2 Å². The third-order valence-corrected chi connectivity index (χ3v) is 13.1. The van der Waals surface area contributed by atoms with Gasteiger partial charge in [-0.15, -0.1) is 0 Å². The smallest absolute Gasteiger partial charge is 0.0627 e. The van der Waals surface area contributed by atoms with E-state index in [4.69, 9.17) is 0 Å². The SMILES string of the molecule is CC(C)=CCC(O)C(CO)[C@H]1CC[C@@]2(C)[C@@H]3CC[C@H]4C(C)(C)[C@@H](O)CC[C@@]45C[C@@]35CC[C@]12C. The van der Waals surface area contributed by atoms with Gasteiger partial charge in [-0.25, -0.2) is 0 Å². The molecule has 0 aliphatic heterocycles. The lowest BCUT2D eigenvalue weighted by Crippen LogP contribution is -2.58. The first-order chi connectivity index (χ1) is 15.4. The van der Waals surface area contributed by atoms with Crippen LogP contribution in [0.4, 0.5) is 0 Å². The fourth-order valence-electron chi connectivity index (χ4n) is 11.1. The summed E-state index contributed by atoms with van der Waals surface area (Å²) in [6.07, 6.45) is 13.4. The molecule has 5 aliphatic carbocycles. The minimum Gasteiger partial charge on any atom is -0.396 e. The summed E-state index contributed by atoms with van der Waals surface area (Å²) in [5, 5.41) is 32.4. The molecule has 0 aromatic heterocycles. The monoisotopic (exact) mass is 458 g/mol. The molecule has 5 rings (SSSR count). The van der Waals surface area contributed by atoms with Crippen LogP contribution >= 0.6 is 0 Å². The highest BCUT2D eigenvalue weighted by Crippen LogP contribution is 2.89. The molecule has 5 saturated carbocycles. The van der Waals surface area contributed by atoms with Crippen molar-refractivity contribution in [2.75, 3.05) is 6.61 Å². The maximum Gasteiger partial charge on any atom is 0.0627 e. The summed E-state index contributed by atoms with van der Waals surface area (Å²) < 4.78 is 0. The van der Waals surface area contributed by atoms with Crippen molar-refractivity contribution < 1.29 is 15.3 Å². The third kappa shape index (κ3) is 2.97. The van der Waals surface area contributed by atoms with Gasteiger partial charge in [0.1, 0.15) is 0 Å². The Morgan fingerprint density at radius 2 is 1.55 bits per heavy atom. The molecule has 0 bridgehead atoms. The highest BCUT2D eigenvalue weighted by atomic mass is 16.3. The Balaban J connectivity index is 1.44. The van der Waals surface area contributed by atoms with Gasteiger partial charge >= 0.3 is 0 Å². The molecule has 0 amide bonds. The molecule has 0 aromatic rings. The van der Waals surface area contributed by atoms with Gasteiger partial charge in [0.15, 0.2) is 0 Å². The van der Waals surface area contributed by atoms with E-state index in [1.54, 1.807) is 0 Å². The predicted molar refractivity (Wildman–Crippen MR) is 134 cm³/mol. The zero-order chi connectivity index (χ0) is 24.0. The number of aliphatic hydroxyl groups is 3. The number of allylic oxidation sites excluding steroid dienone is 1. The van der Waals surface area contributed by atoms with Crippen LogP contribution in [0.15, 0.2) is 11.6 Å². The standard InChI is InChI=1S/C30H50O3/c1-19(2)7-8-22(32)20(17-31)21-11-13-28(6)24-10-9-23-26(3,4)25(33)12-14-29(23)18-30(24,29)16-15-27(21,28)5/h7,20-25,31-33H,8-18H2,1-6H3/t20?,21-,22?,23+,24+,25+,27-,28+,29-,30+/m1/s1. The lowest BCUT2D eigenvalue weighted by molar-refractivity contribution is -0.165. The first-order valence-electron chi connectivity index (χ1n) is 14.0. The minimum atomic E-state index is -0.450. The van der Waals surface area contributed by atoms with Crippen molar-refractivity contribution >= 4 is 0 Å². The largest absolute Gasteiger partial charge is 0.396 e. The Bertz CT molecular complexity index is 813. The van der Waals surface area contributed by atoms with Gasteiger partial charge in [-0.3, -0.25) is 0 Å². The summed E-state index contributed by atoms with van der Waals surface area (Å²) >= 11 is 0. The van der Waals surface area contributed by atoms with E-state index in [1.165, 1.54) is 50.5 Å². The molecule has 2 spiro atoms. The van der Waals surface area contributed by atoms with Crippen LogP contribution < -0.4 is 0 Å². The molecule has 0 saturated heterocycles. The fraction of sp³-hybridized carbons (Fsp3) is 0.933. The molecule has 5 fully saturated rings. The van der Waals surface area contributed by atoms with Crippen LogP contribution in [0.2, 0.25) is 0 Å². The molecule has 188 valence electrons. The molecule has 3 heteroatoms. The minimum absolute atomic E-state index is 0.0188. The first kappa shape index (κ1) is 24.3. The van der Waals surface area contributed by atoms with E-state index < -0.39 is 6.10 Å². The van der Waals surface area contributed by atoms with Crippen LogP contribution in [0.1, 0.15) is 106 Å². The van der Waals surface area contributed by atoms with Crippen molar-refractivity contribution in [2.45, 2.75) is 118 Å². The van der Waals surface area contributed by atoms with Crippen molar-refractivity contribution in [2.24, 2.45) is 50.7 Å². The molecule has 0 aromatic carbocycles. The molecule has 33 heavy (non-hydrogen) atoms. The van der Waals surface area contributed by atoms with Gasteiger partial charge in [-0.1, -0.05) is 39.3 Å². The highest BCUT2D eigenvalue weighted by Gasteiger charge is 2.82. The van der Waals surface area contributed by atoms with Crippen molar-refractivity contribution in [1.82, 2.24) is 0 Å². The molecule has 3 N–H and O–H groups in total. The number of aliphatic hydroxyl groups excluding tert-OH is 3. The normalized spacial score (nSPS) is 51.4. The van der Waals surface area contributed by atoms with Gasteiger partial charge in [0.25, 0.3) is 0 Å². The van der Waals surface area contributed by atoms with Crippen LogP contribution in [0.25, 0.3) is 0 Å². The molecule has 10 atom stereocenters. The fourth-order valence-corrected chi connectivity index (χ4v) is 11.1. The van der Waals surface area contributed by atoms with Gasteiger partial charge in [-0.2, -0.15) is 0 Å². The van der Waals surface area contributed by atoms with Crippen molar-refractivity contribution in [3.8, 4) is 0 Å². The van der Waals surface area contributed by atoms with E-state index in [2.05, 4.69) is 47.6 Å². The molecule has 2 unspecified atom stereocenters. The van der Waals surface area contributed by atoms with E-state index in [9.17, 15) is 15.3 Å². The molecule has 0 heterocycles. The van der Waals surface area contributed by atoms with E-state index in [-0.39, 0.29) is 29.5 Å². The molecular formula is C30H50O3. The number of hydrogen-bond donors (Lipinski definition) is 3. The van der Waals surface area contributed by atoms with Crippen LogP contribution in [-0.2, 0) is 0 Å². The second-order valence-electron chi connectivity index (χ2n) is 14.5. The summed E-state index contributed by atoms with van der Waals surface area (Å²) in [4.78, 5) is 0. The maximum absolute atomic E-state index is 11.1. The summed E-state index contributed by atoms with van der Waals surface area (Å²) in [5.74, 6) is 1.83. The topological polar surface area (TPSA) is 60.7 Å². The van der Waals surface area contributed by atoms with Gasteiger partial charge in [-0.05, 0) is 123 Å². The number of fused-ring (bicyclic) bond motifs is 2. The Morgan fingerprint density at radius 3 is 2.21 bits per heavy atom. The number of hydrogen-bond acceptors (Lipinski definition) is 3. The van der Waals surface area contributed by atoms with Crippen LogP contribution in [0.5, 0.6) is 0 Å². The van der Waals surface area contributed by atoms with Crippen LogP contribution in [0.3, 0.4) is 0 Å². The quantitative estimate of drug-likeness (QED) is 0.435. The Labute approximate surface area is 202 Å². The number of rotatable bonds is 5. The second kappa shape index (κ2) is 7.56. The second-order valence-corrected chi connectivity index (χ2v) is 14.5. The lowest BCUT2D eigenvalue weighted by Gasteiger charge is -2.63. The summed E-state index contributed by atoms with van der Waals surface area (Å²) in [6.45, 7) is 14.1. The van der Waals surface area contributed by atoms with E-state index in [1.807, 2.05) is 0 Å². The summed E-state index contributed by atoms with van der Waals surface area (Å²) in [7, 11) is 0. The Morgan fingerprint density at radius 1 is 0.879 bits per heavy atom. The molecule has 0 radical (unpaired) electrons. The average molecular weight is 459 g/mol. The van der Waals surface area contributed by atoms with E-state index in [0.29, 0.717) is 34.5 Å². The van der Waals surface area contributed by atoms with Crippen LogP contribution in [-0.4, -0.2) is 34.1 Å². The third-order valence-electron chi connectivity index (χ3n) is 13.1. The zero-order valence-corrected chi connectivity index (χ0v) is 22.2. The van der Waals surface area contributed by atoms with Crippen LogP contribution in [0, 0.1) is 50.7 Å². The average Bonchev–Trinajstić information content (AvgIpc) is 3.35. The lowest BCUT2D eigenvalue weighted by atomic mass is 9.41. The first-order valence-corrected chi connectivity index (χ1v) is 14.0. The highest BCUT2D eigenvalue weighted by molar-refractivity contribution is 5.30. The molecule has 3 nitrogen and oxygen atoms in total. The van der Waals surface area contributed by atoms with Gasteiger partial charge < -0.3 is 15.3 Å². The summed E-state index contributed by atoms with van der Waals surface area (Å²) in [6, 6.07) is 0. The maximum atomic E-state index is 11.1. The van der Waals surface area contributed by atoms with E-state index in [0.717, 1.165) is 18.8 Å².